The number of nitrogens with zero attached hydrogens (tertiary/aromatic N) is 5. The molecule has 1 aromatic carbocycles. The van der Waals surface area contributed by atoms with E-state index in [-0.39, 0.29) is 0 Å². The van der Waals surface area contributed by atoms with Crippen LogP contribution in [0, 0.1) is 6.92 Å². The van der Waals surface area contributed by atoms with Gasteiger partial charge in [-0.25, -0.2) is 0 Å². The number of morpholine rings is 1. The van der Waals surface area contributed by atoms with Crippen molar-refractivity contribution in [3.63, 3.8) is 0 Å². The van der Waals surface area contributed by atoms with Crippen molar-refractivity contribution >= 4 is 5.82 Å². The van der Waals surface area contributed by atoms with Crippen molar-refractivity contribution in [3.8, 4) is 0 Å². The van der Waals surface area contributed by atoms with Gasteiger partial charge in [0.1, 0.15) is 0 Å². The highest BCUT2D eigenvalue weighted by atomic mass is 19.4. The Morgan fingerprint density at radius 3 is 2.29 bits per heavy atom. The van der Waals surface area contributed by atoms with E-state index in [4.69, 9.17) is 4.74 Å². The number of hydrogen-bond donors (Lipinski definition) is 0. The van der Waals surface area contributed by atoms with E-state index in [1.807, 2.05) is 13.0 Å². The lowest BCUT2D eigenvalue weighted by Crippen LogP contribution is -2.49. The van der Waals surface area contributed by atoms with Crippen LogP contribution in [0.1, 0.15) is 16.8 Å². The van der Waals surface area contributed by atoms with Gasteiger partial charge in [-0.15, -0.1) is 0 Å². The third-order valence-corrected chi connectivity index (χ3v) is 6.09. The molecule has 2 aliphatic rings. The van der Waals surface area contributed by atoms with Crippen molar-refractivity contribution < 1.29 is 17.9 Å². The first kappa shape index (κ1) is 22.1. The number of ether oxygens (including phenoxy) is 1. The van der Waals surface area contributed by atoms with Crippen LogP contribution in [-0.4, -0.2) is 85.2 Å². The summed E-state index contributed by atoms with van der Waals surface area (Å²) in [6, 6.07) is 7.49. The molecular weight excluding hydrogens is 407 g/mol. The highest BCUT2D eigenvalue weighted by molar-refractivity contribution is 5.40. The number of piperazine rings is 1. The topological polar surface area (TPSA) is 36.8 Å². The quantitative estimate of drug-likeness (QED) is 0.695. The fourth-order valence-corrected chi connectivity index (χ4v) is 4.13. The summed E-state index contributed by atoms with van der Waals surface area (Å²) < 4.78 is 46.1. The first-order chi connectivity index (χ1) is 14.9. The monoisotopic (exact) mass is 437 g/mol. The van der Waals surface area contributed by atoms with Crippen molar-refractivity contribution in [2.24, 2.45) is 0 Å². The maximum absolute atomic E-state index is 13.0. The first-order valence-corrected chi connectivity index (χ1v) is 10.9. The van der Waals surface area contributed by atoms with Gasteiger partial charge in [-0.1, -0.05) is 12.1 Å². The average molecular weight is 438 g/mol. The third kappa shape index (κ3) is 5.78. The van der Waals surface area contributed by atoms with Crippen LogP contribution < -0.4 is 4.90 Å². The van der Waals surface area contributed by atoms with E-state index in [1.165, 1.54) is 12.1 Å². The SMILES string of the molecule is Cc1cc(N2CCN(CCN3CCOCC3)CC2)nn1Cc1cccc(C(F)(F)F)c1. The molecule has 0 unspecified atom stereocenters. The maximum Gasteiger partial charge on any atom is 0.416 e. The molecule has 0 saturated carbocycles. The molecule has 2 fully saturated rings. The fraction of sp³-hybridized carbons (Fsp3) is 0.591. The maximum atomic E-state index is 13.0. The molecule has 0 spiro atoms. The second-order valence-electron chi connectivity index (χ2n) is 8.28. The number of benzene rings is 1. The molecule has 0 N–H and O–H groups in total. The number of anilines is 1. The molecule has 0 bridgehead atoms. The van der Waals surface area contributed by atoms with E-state index >= 15 is 0 Å². The molecule has 1 aromatic heterocycles. The van der Waals surface area contributed by atoms with Gasteiger partial charge in [0, 0.05) is 64.1 Å². The van der Waals surface area contributed by atoms with E-state index in [1.54, 1.807) is 10.7 Å². The van der Waals surface area contributed by atoms with Crippen molar-refractivity contribution in [1.29, 1.82) is 0 Å². The lowest BCUT2D eigenvalue weighted by molar-refractivity contribution is -0.137. The van der Waals surface area contributed by atoms with E-state index < -0.39 is 11.7 Å². The zero-order valence-corrected chi connectivity index (χ0v) is 17.9. The predicted octanol–water partition coefficient (Wildman–Crippen LogP) is 2.71. The normalized spacial score (nSPS) is 19.2. The number of halogens is 3. The van der Waals surface area contributed by atoms with Gasteiger partial charge >= 0.3 is 6.18 Å². The molecule has 6 nitrogen and oxygen atoms in total. The molecule has 2 saturated heterocycles. The number of rotatable bonds is 6. The molecule has 170 valence electrons. The summed E-state index contributed by atoms with van der Waals surface area (Å²) in [6.45, 7) is 11.9. The molecule has 3 heterocycles. The fourth-order valence-electron chi connectivity index (χ4n) is 4.13. The van der Waals surface area contributed by atoms with Crippen LogP contribution in [-0.2, 0) is 17.5 Å². The molecule has 0 amide bonds. The van der Waals surface area contributed by atoms with E-state index in [0.29, 0.717) is 12.1 Å². The van der Waals surface area contributed by atoms with Crippen molar-refractivity contribution in [2.45, 2.75) is 19.6 Å². The predicted molar refractivity (Wildman–Crippen MR) is 113 cm³/mol. The Morgan fingerprint density at radius 2 is 1.61 bits per heavy atom. The molecule has 2 aliphatic heterocycles. The van der Waals surface area contributed by atoms with Crippen molar-refractivity contribution in [1.82, 2.24) is 19.6 Å². The summed E-state index contributed by atoms with van der Waals surface area (Å²) >= 11 is 0. The summed E-state index contributed by atoms with van der Waals surface area (Å²) in [6.07, 6.45) is -4.33. The first-order valence-electron chi connectivity index (χ1n) is 10.9. The van der Waals surface area contributed by atoms with Gasteiger partial charge in [0.15, 0.2) is 5.82 Å². The second-order valence-corrected chi connectivity index (χ2v) is 8.28. The van der Waals surface area contributed by atoms with Gasteiger partial charge < -0.3 is 9.64 Å². The van der Waals surface area contributed by atoms with Gasteiger partial charge in [-0.3, -0.25) is 14.5 Å². The van der Waals surface area contributed by atoms with Crippen LogP contribution in [0.3, 0.4) is 0 Å². The van der Waals surface area contributed by atoms with E-state index in [2.05, 4.69) is 19.8 Å². The minimum absolute atomic E-state index is 0.329. The summed E-state index contributed by atoms with van der Waals surface area (Å²) in [7, 11) is 0. The van der Waals surface area contributed by atoms with E-state index in [9.17, 15) is 13.2 Å². The van der Waals surface area contributed by atoms with Crippen molar-refractivity contribution in [2.75, 3.05) is 70.5 Å². The summed E-state index contributed by atoms with van der Waals surface area (Å²) in [5.74, 6) is 0.900. The Bertz CT molecular complexity index is 855. The Morgan fingerprint density at radius 1 is 0.935 bits per heavy atom. The van der Waals surface area contributed by atoms with Crippen LogP contribution in [0.25, 0.3) is 0 Å². The van der Waals surface area contributed by atoms with Gasteiger partial charge in [0.05, 0.1) is 25.3 Å². The molecule has 0 radical (unpaired) electrons. The van der Waals surface area contributed by atoms with Gasteiger partial charge in [-0.05, 0) is 24.6 Å². The molecule has 0 aliphatic carbocycles. The van der Waals surface area contributed by atoms with Crippen LogP contribution >= 0.6 is 0 Å². The summed E-state index contributed by atoms with van der Waals surface area (Å²) in [4.78, 5) is 7.20. The average Bonchev–Trinajstić information content (AvgIpc) is 3.13. The Balaban J connectivity index is 1.31. The summed E-state index contributed by atoms with van der Waals surface area (Å²) in [5, 5.41) is 4.69. The standard InChI is InChI=1S/C22H30F3N5O/c1-18-15-21(26-30(18)17-19-3-2-4-20(16-19)22(23,24)25)29-9-7-27(8-10-29)5-6-28-11-13-31-14-12-28/h2-4,15-16H,5-14,17H2,1H3. The van der Waals surface area contributed by atoms with Gasteiger partial charge in [-0.2, -0.15) is 18.3 Å². The Labute approximate surface area is 181 Å². The number of aromatic nitrogens is 2. The van der Waals surface area contributed by atoms with Gasteiger partial charge in [0.2, 0.25) is 0 Å². The Hall–Kier alpha value is -2.10. The third-order valence-electron chi connectivity index (χ3n) is 6.09. The van der Waals surface area contributed by atoms with Crippen LogP contribution in [0.4, 0.5) is 19.0 Å². The molecule has 0 atom stereocenters. The second kappa shape index (κ2) is 9.58. The molecule has 2 aromatic rings. The van der Waals surface area contributed by atoms with Crippen LogP contribution in [0.5, 0.6) is 0 Å². The van der Waals surface area contributed by atoms with Crippen LogP contribution in [0.2, 0.25) is 0 Å². The molecular formula is C22H30F3N5O. The lowest BCUT2D eigenvalue weighted by Gasteiger charge is -2.36. The molecule has 9 heteroatoms. The van der Waals surface area contributed by atoms with Crippen molar-refractivity contribution in [3.05, 3.63) is 47.2 Å². The van der Waals surface area contributed by atoms with Crippen LogP contribution in [0.15, 0.2) is 30.3 Å². The summed E-state index contributed by atoms with van der Waals surface area (Å²) in [5.41, 5.74) is 0.922. The zero-order valence-electron chi connectivity index (χ0n) is 17.9. The molecule has 4 rings (SSSR count). The highest BCUT2D eigenvalue weighted by Crippen LogP contribution is 2.29. The largest absolute Gasteiger partial charge is 0.416 e. The van der Waals surface area contributed by atoms with Gasteiger partial charge in [0.25, 0.3) is 0 Å². The molecule has 31 heavy (non-hydrogen) atoms. The zero-order chi connectivity index (χ0) is 21.8. The number of alkyl halides is 3. The minimum atomic E-state index is -4.33. The number of hydrogen-bond acceptors (Lipinski definition) is 5. The highest BCUT2D eigenvalue weighted by Gasteiger charge is 2.30. The lowest BCUT2D eigenvalue weighted by atomic mass is 10.1. The Kier molecular flexibility index (Phi) is 6.83. The number of aryl methyl sites for hydroxylation is 1. The minimum Gasteiger partial charge on any atom is -0.379 e. The smallest absolute Gasteiger partial charge is 0.379 e. The van der Waals surface area contributed by atoms with E-state index in [0.717, 1.165) is 83.1 Å².